The van der Waals surface area contributed by atoms with Crippen LogP contribution in [0.4, 0.5) is 10.1 Å². The molecule has 0 radical (unpaired) electrons. The number of furan rings is 1. The fraction of sp³-hybridized carbons (Fsp3) is 0.200. The number of pyridine rings is 3. The van der Waals surface area contributed by atoms with Crippen LogP contribution in [0.1, 0.15) is 21.7 Å². The summed E-state index contributed by atoms with van der Waals surface area (Å²) in [5, 5.41) is 2.65. The van der Waals surface area contributed by atoms with Gasteiger partial charge in [0.05, 0.1) is 56.7 Å². The van der Waals surface area contributed by atoms with Crippen LogP contribution in [0.3, 0.4) is 0 Å². The number of benzene rings is 1. The van der Waals surface area contributed by atoms with E-state index in [4.69, 9.17) is 23.4 Å². The van der Waals surface area contributed by atoms with Crippen molar-refractivity contribution in [1.29, 1.82) is 0 Å². The molecule has 6 rings (SSSR count). The SMILES string of the molecule is COc1cc2nccc(Oc3ccc(NC(=O)c4c5n(c(C)c(-c6ccoc6)c4=O)CCOC5)cc3F)c2nc1OC. The highest BCUT2D eigenvalue weighted by Crippen LogP contribution is 2.35. The molecular formula is C30H25FN4O7. The lowest BCUT2D eigenvalue weighted by molar-refractivity contribution is 0.0801. The molecule has 1 amide bonds. The summed E-state index contributed by atoms with van der Waals surface area (Å²) in [5.41, 5.74) is 2.49. The highest BCUT2D eigenvalue weighted by molar-refractivity contribution is 6.05. The monoisotopic (exact) mass is 572 g/mol. The molecule has 0 unspecified atom stereocenters. The second-order valence-corrected chi connectivity index (χ2v) is 9.41. The minimum absolute atomic E-state index is 0.0732. The van der Waals surface area contributed by atoms with Gasteiger partial charge in [0.2, 0.25) is 5.43 Å². The standard InChI is InChI=1S/C30H25FN4O7/c1-16-25(17-7-10-40-14-17)28(36)26(21-15-41-11-9-35(16)21)29(37)33-18-4-5-22(19(31)12-18)42-23-6-8-32-20-13-24(38-2)30(39-3)34-27(20)23/h4-8,10,12-14H,9,11,15H2,1-3H3,(H,33,37). The van der Waals surface area contributed by atoms with Crippen LogP contribution in [0.2, 0.25) is 0 Å². The Bertz CT molecular complexity index is 1890. The van der Waals surface area contributed by atoms with E-state index in [1.165, 1.54) is 45.1 Å². The van der Waals surface area contributed by atoms with E-state index in [-0.39, 0.29) is 35.2 Å². The summed E-state index contributed by atoms with van der Waals surface area (Å²) in [6.45, 7) is 2.83. The van der Waals surface area contributed by atoms with Crippen molar-refractivity contribution in [3.63, 3.8) is 0 Å². The van der Waals surface area contributed by atoms with Crippen LogP contribution in [-0.4, -0.2) is 41.3 Å². The number of halogens is 1. The number of hydrogen-bond donors (Lipinski definition) is 1. The third kappa shape index (κ3) is 4.71. The average molecular weight is 573 g/mol. The van der Waals surface area contributed by atoms with E-state index in [1.54, 1.807) is 18.2 Å². The molecule has 4 aromatic heterocycles. The first-order valence-corrected chi connectivity index (χ1v) is 12.9. The summed E-state index contributed by atoms with van der Waals surface area (Å²) in [6, 6.07) is 8.81. The Balaban J connectivity index is 1.31. The zero-order valence-corrected chi connectivity index (χ0v) is 22.9. The highest BCUT2D eigenvalue weighted by Gasteiger charge is 2.27. The molecule has 214 valence electrons. The van der Waals surface area contributed by atoms with Gasteiger partial charge in [-0.05, 0) is 25.1 Å². The van der Waals surface area contributed by atoms with E-state index in [0.29, 0.717) is 52.4 Å². The van der Waals surface area contributed by atoms with Gasteiger partial charge < -0.3 is 33.2 Å². The Kier molecular flexibility index (Phi) is 7.05. The largest absolute Gasteiger partial charge is 0.491 e. The zero-order valence-electron chi connectivity index (χ0n) is 22.9. The molecule has 0 saturated heterocycles. The molecule has 42 heavy (non-hydrogen) atoms. The molecule has 0 bridgehead atoms. The first-order valence-electron chi connectivity index (χ1n) is 12.9. The molecule has 5 heterocycles. The summed E-state index contributed by atoms with van der Waals surface area (Å²) in [6.07, 6.45) is 4.42. The van der Waals surface area contributed by atoms with Gasteiger partial charge in [0.25, 0.3) is 11.8 Å². The first kappa shape index (κ1) is 27.0. The van der Waals surface area contributed by atoms with Crippen LogP contribution in [0.5, 0.6) is 23.1 Å². The van der Waals surface area contributed by atoms with Gasteiger partial charge in [-0.15, -0.1) is 0 Å². The molecular weight excluding hydrogens is 547 g/mol. The molecule has 12 heteroatoms. The summed E-state index contributed by atoms with van der Waals surface area (Å²) >= 11 is 0. The Morgan fingerprint density at radius 3 is 2.69 bits per heavy atom. The lowest BCUT2D eigenvalue weighted by atomic mass is 10.00. The minimum Gasteiger partial charge on any atom is -0.491 e. The zero-order chi connectivity index (χ0) is 29.4. The van der Waals surface area contributed by atoms with E-state index in [0.717, 1.165) is 6.07 Å². The number of carbonyl (C=O) groups is 1. The van der Waals surface area contributed by atoms with E-state index >= 15 is 4.39 Å². The van der Waals surface area contributed by atoms with Gasteiger partial charge in [-0.25, -0.2) is 9.37 Å². The minimum atomic E-state index is -0.747. The van der Waals surface area contributed by atoms with E-state index < -0.39 is 17.2 Å². The number of rotatable bonds is 7. The number of nitrogens with zero attached hydrogens (tertiary/aromatic N) is 3. The van der Waals surface area contributed by atoms with Crippen LogP contribution in [0, 0.1) is 12.7 Å². The summed E-state index contributed by atoms with van der Waals surface area (Å²) < 4.78 is 44.3. The number of aromatic nitrogens is 3. The van der Waals surface area contributed by atoms with Crippen LogP contribution < -0.4 is 25.0 Å². The molecule has 0 spiro atoms. The Hall–Kier alpha value is -5.23. The third-order valence-electron chi connectivity index (χ3n) is 7.00. The van der Waals surface area contributed by atoms with E-state index in [1.807, 2.05) is 11.5 Å². The fourth-order valence-corrected chi connectivity index (χ4v) is 5.01. The van der Waals surface area contributed by atoms with Crippen molar-refractivity contribution >= 4 is 22.6 Å². The molecule has 1 aliphatic rings. The van der Waals surface area contributed by atoms with Crippen LogP contribution in [-0.2, 0) is 17.9 Å². The van der Waals surface area contributed by atoms with Crippen molar-refractivity contribution in [2.45, 2.75) is 20.1 Å². The third-order valence-corrected chi connectivity index (χ3v) is 7.00. The van der Waals surface area contributed by atoms with Gasteiger partial charge >= 0.3 is 0 Å². The maximum Gasteiger partial charge on any atom is 0.261 e. The van der Waals surface area contributed by atoms with Crippen molar-refractivity contribution < 1.29 is 32.5 Å². The smallest absolute Gasteiger partial charge is 0.261 e. The number of methoxy groups -OCH3 is 2. The summed E-state index contributed by atoms with van der Waals surface area (Å²) in [4.78, 5) is 35.8. The second-order valence-electron chi connectivity index (χ2n) is 9.41. The molecule has 1 aromatic carbocycles. The topological polar surface area (TPSA) is 127 Å². The molecule has 0 fully saturated rings. The van der Waals surface area contributed by atoms with Crippen molar-refractivity contribution in [3.05, 3.63) is 88.1 Å². The van der Waals surface area contributed by atoms with Gasteiger partial charge in [-0.1, -0.05) is 0 Å². The summed E-state index contributed by atoms with van der Waals surface area (Å²) in [5.74, 6) is -0.695. The Morgan fingerprint density at radius 2 is 1.95 bits per heavy atom. The van der Waals surface area contributed by atoms with Gasteiger partial charge in [-0.3, -0.25) is 14.6 Å². The predicted octanol–water partition coefficient (Wildman–Crippen LogP) is 5.09. The lowest BCUT2D eigenvalue weighted by Crippen LogP contribution is -2.33. The predicted molar refractivity (Wildman–Crippen MR) is 150 cm³/mol. The number of amides is 1. The van der Waals surface area contributed by atoms with Gasteiger partial charge in [0.1, 0.15) is 11.1 Å². The van der Waals surface area contributed by atoms with Crippen LogP contribution in [0.25, 0.3) is 22.2 Å². The van der Waals surface area contributed by atoms with Gasteiger partial charge in [0, 0.05) is 47.9 Å². The molecule has 0 saturated carbocycles. The van der Waals surface area contributed by atoms with E-state index in [2.05, 4.69) is 15.3 Å². The molecule has 1 aliphatic heterocycles. The first-order chi connectivity index (χ1) is 20.4. The number of anilines is 1. The van der Waals surface area contributed by atoms with Crippen molar-refractivity contribution in [2.24, 2.45) is 0 Å². The van der Waals surface area contributed by atoms with Crippen molar-refractivity contribution in [2.75, 3.05) is 26.1 Å². The lowest BCUT2D eigenvalue weighted by Gasteiger charge is -2.26. The quantitative estimate of drug-likeness (QED) is 0.284. The molecule has 0 atom stereocenters. The molecule has 0 aliphatic carbocycles. The number of nitrogens with one attached hydrogen (secondary N) is 1. The Morgan fingerprint density at radius 1 is 1.10 bits per heavy atom. The fourth-order valence-electron chi connectivity index (χ4n) is 5.01. The maximum atomic E-state index is 15.3. The number of carbonyl (C=O) groups excluding carboxylic acids is 1. The number of hydrogen-bond acceptors (Lipinski definition) is 9. The normalized spacial score (nSPS) is 12.6. The van der Waals surface area contributed by atoms with Gasteiger partial charge in [-0.2, -0.15) is 0 Å². The number of fused-ring (bicyclic) bond motifs is 2. The number of ether oxygens (including phenoxy) is 4. The molecule has 1 N–H and O–H groups in total. The average Bonchev–Trinajstić information content (AvgIpc) is 3.52. The highest BCUT2D eigenvalue weighted by atomic mass is 19.1. The molecule has 11 nitrogen and oxygen atoms in total. The Labute approximate surface area is 238 Å². The second kappa shape index (κ2) is 11.0. The maximum absolute atomic E-state index is 15.3. The van der Waals surface area contributed by atoms with Crippen LogP contribution in [0.15, 0.2) is 64.3 Å². The van der Waals surface area contributed by atoms with Crippen molar-refractivity contribution in [1.82, 2.24) is 14.5 Å². The summed E-state index contributed by atoms with van der Waals surface area (Å²) in [7, 11) is 2.93. The molecule has 5 aromatic rings. The van der Waals surface area contributed by atoms with E-state index in [9.17, 15) is 9.59 Å². The van der Waals surface area contributed by atoms with Crippen molar-refractivity contribution in [3.8, 4) is 34.3 Å². The van der Waals surface area contributed by atoms with Crippen LogP contribution >= 0.6 is 0 Å². The van der Waals surface area contributed by atoms with Gasteiger partial charge in [0.15, 0.2) is 23.1 Å².